The van der Waals surface area contributed by atoms with Gasteiger partial charge >= 0.3 is 17.9 Å². The lowest BCUT2D eigenvalue weighted by atomic mass is 9.52. The molecule has 0 radical (unpaired) electrons. The van der Waals surface area contributed by atoms with Crippen LogP contribution in [0.25, 0.3) is 0 Å². The molecule has 2 aromatic carbocycles. The predicted octanol–water partition coefficient (Wildman–Crippen LogP) is 4.51. The number of hydrogen-bond donors (Lipinski definition) is 1. The third-order valence-electron chi connectivity index (χ3n) is 10.3. The fourth-order valence-corrected chi connectivity index (χ4v) is 7.90. The number of ether oxygens (including phenoxy) is 3. The lowest BCUT2D eigenvalue weighted by Gasteiger charge is -2.60. The Hall–Kier alpha value is -4.08. The van der Waals surface area contributed by atoms with Crippen molar-refractivity contribution < 1.29 is 33.1 Å². The zero-order chi connectivity index (χ0) is 31.6. The summed E-state index contributed by atoms with van der Waals surface area (Å²) in [5.74, 6) is -0.723. The van der Waals surface area contributed by atoms with Gasteiger partial charge in [-0.15, -0.1) is 0 Å². The largest absolute Gasteiger partial charge is 0.449 e. The minimum Gasteiger partial charge on any atom is -0.449 e. The second kappa shape index (κ2) is 12.7. The molecule has 45 heavy (non-hydrogen) atoms. The zero-order valence-corrected chi connectivity index (χ0v) is 26.0. The van der Waals surface area contributed by atoms with Gasteiger partial charge in [0, 0.05) is 36.6 Å². The summed E-state index contributed by atoms with van der Waals surface area (Å²) in [5.41, 5.74) is 9.95. The first-order chi connectivity index (χ1) is 21.7. The molecular formula is C36H42N3O6+. The summed E-state index contributed by atoms with van der Waals surface area (Å²) >= 11 is 0. The van der Waals surface area contributed by atoms with Gasteiger partial charge in [0.2, 0.25) is 6.73 Å². The molecule has 1 saturated heterocycles. The molecule has 2 heterocycles. The Balaban J connectivity index is 1.14. The Labute approximate surface area is 264 Å². The number of carbonyl (C=O) groups excluding carboxylic acids is 3. The van der Waals surface area contributed by atoms with Crippen molar-refractivity contribution in [1.29, 1.82) is 0 Å². The van der Waals surface area contributed by atoms with Gasteiger partial charge in [-0.2, -0.15) is 0 Å². The number of fused-ring (bicyclic) bond motifs is 1. The Morgan fingerprint density at radius 3 is 2.64 bits per heavy atom. The minimum absolute atomic E-state index is 0.00761. The molecule has 2 N–H and O–H groups in total. The highest BCUT2D eigenvalue weighted by atomic mass is 16.6. The van der Waals surface area contributed by atoms with E-state index >= 15 is 0 Å². The second-order valence-electron chi connectivity index (χ2n) is 13.2. The smallest absolute Gasteiger partial charge is 0.352 e. The van der Waals surface area contributed by atoms with E-state index in [0.717, 1.165) is 44.2 Å². The summed E-state index contributed by atoms with van der Waals surface area (Å²) in [4.78, 5) is 42.4. The number of piperidine rings is 1. The molecule has 1 aromatic heterocycles. The number of benzene rings is 2. The van der Waals surface area contributed by atoms with Crippen molar-refractivity contribution in [2.45, 2.75) is 75.5 Å². The third-order valence-corrected chi connectivity index (χ3v) is 10.3. The molecule has 236 valence electrons. The highest BCUT2D eigenvalue weighted by molar-refractivity contribution is 5.88. The van der Waals surface area contributed by atoms with Crippen molar-refractivity contribution in [3.63, 3.8) is 0 Å². The summed E-state index contributed by atoms with van der Waals surface area (Å²) in [5, 5.41) is 0. The van der Waals surface area contributed by atoms with Crippen LogP contribution < -0.4 is 10.5 Å². The van der Waals surface area contributed by atoms with Gasteiger partial charge in [-0.1, -0.05) is 49.2 Å². The van der Waals surface area contributed by atoms with E-state index in [4.69, 9.17) is 19.9 Å². The molecule has 1 aliphatic heterocycles. The van der Waals surface area contributed by atoms with Gasteiger partial charge in [0.15, 0.2) is 6.10 Å². The van der Waals surface area contributed by atoms with Crippen LogP contribution >= 0.6 is 0 Å². The molecule has 9 nitrogen and oxygen atoms in total. The molecule has 2 aliphatic carbocycles. The van der Waals surface area contributed by atoms with Crippen LogP contribution in [0.15, 0.2) is 73.1 Å². The molecule has 3 aromatic rings. The zero-order valence-electron chi connectivity index (χ0n) is 26.0. The van der Waals surface area contributed by atoms with E-state index in [1.807, 2.05) is 42.5 Å². The van der Waals surface area contributed by atoms with Gasteiger partial charge in [0.1, 0.15) is 11.8 Å². The van der Waals surface area contributed by atoms with Crippen LogP contribution in [-0.4, -0.2) is 65.9 Å². The standard InChI is InChI=1S/C36H42N3O6/c1-24(44-35(42)31(37)19-25-9-4-3-5-10-25)33(40)45-28-14-13-26-20-32-29-12-6-7-15-36(29,30(26)21-28)16-18-39(32,2)23-43-34(41)27-11-8-17-38-22-27/h3-5,8-11,13-14,17,21-22,24,29,31-32H,6-7,12,15-16,18-20,23,37H2,1-2H3/q+1/t24?,29-,31?,32+,36+,39?/m1/s1. The van der Waals surface area contributed by atoms with E-state index < -0.39 is 24.1 Å². The van der Waals surface area contributed by atoms with Gasteiger partial charge in [0.25, 0.3) is 0 Å². The summed E-state index contributed by atoms with van der Waals surface area (Å²) in [6, 6.07) is 18.3. The van der Waals surface area contributed by atoms with E-state index in [1.165, 1.54) is 30.7 Å². The van der Waals surface area contributed by atoms with Crippen LogP contribution in [-0.2, 0) is 37.3 Å². The SMILES string of the molecule is CC(OC(=O)C(N)Cc1ccccc1)C(=O)Oc1ccc2c(c1)[C@]13CCCC[C@@H]1[C@H](C2)[N+](C)(COC(=O)c1cccnc1)CC3. The van der Waals surface area contributed by atoms with Crippen molar-refractivity contribution in [2.75, 3.05) is 20.3 Å². The fraction of sp³-hybridized carbons (Fsp3) is 0.444. The Morgan fingerprint density at radius 2 is 1.87 bits per heavy atom. The van der Waals surface area contributed by atoms with Crippen LogP contribution in [0.2, 0.25) is 0 Å². The fourth-order valence-electron chi connectivity index (χ4n) is 7.90. The van der Waals surface area contributed by atoms with Gasteiger partial charge in [-0.25, -0.2) is 9.59 Å². The summed E-state index contributed by atoms with van der Waals surface area (Å²) in [6.07, 6.45) is 8.78. The Kier molecular flexibility index (Phi) is 8.75. The van der Waals surface area contributed by atoms with Crippen LogP contribution in [0.1, 0.15) is 66.1 Å². The monoisotopic (exact) mass is 612 g/mol. The minimum atomic E-state index is -1.10. The number of hydrogen-bond acceptors (Lipinski definition) is 8. The van der Waals surface area contributed by atoms with E-state index in [2.05, 4.69) is 18.1 Å². The van der Waals surface area contributed by atoms with Gasteiger partial charge in [0.05, 0.1) is 25.2 Å². The average Bonchev–Trinajstić information content (AvgIpc) is 3.06. The average molecular weight is 613 g/mol. The topological polar surface area (TPSA) is 118 Å². The molecular weight excluding hydrogens is 570 g/mol. The van der Waals surface area contributed by atoms with E-state index in [9.17, 15) is 14.4 Å². The lowest BCUT2D eigenvalue weighted by Crippen LogP contribution is -2.69. The van der Waals surface area contributed by atoms with Crippen molar-refractivity contribution in [3.05, 3.63) is 95.3 Å². The number of carbonyl (C=O) groups is 3. The quantitative estimate of drug-likeness (QED) is 0.213. The third kappa shape index (κ3) is 6.24. The number of pyridine rings is 1. The molecule has 3 aliphatic rings. The molecule has 2 bridgehead atoms. The van der Waals surface area contributed by atoms with E-state index in [0.29, 0.717) is 40.9 Å². The first-order valence-electron chi connectivity index (χ1n) is 15.9. The molecule has 2 fully saturated rings. The molecule has 6 atom stereocenters. The van der Waals surface area contributed by atoms with Gasteiger partial charge in [-0.05, 0) is 67.1 Å². The predicted molar refractivity (Wildman–Crippen MR) is 167 cm³/mol. The number of quaternary nitrogens is 1. The first-order valence-corrected chi connectivity index (χ1v) is 15.9. The second-order valence-corrected chi connectivity index (χ2v) is 13.2. The molecule has 0 spiro atoms. The van der Waals surface area contributed by atoms with Crippen LogP contribution in [0, 0.1) is 5.92 Å². The number of nitrogens with two attached hydrogens (primary N) is 1. The molecule has 3 unspecified atom stereocenters. The highest BCUT2D eigenvalue weighted by Crippen LogP contribution is 2.57. The summed E-state index contributed by atoms with van der Waals surface area (Å²) in [7, 11) is 2.22. The van der Waals surface area contributed by atoms with Crippen LogP contribution in [0.5, 0.6) is 5.75 Å². The van der Waals surface area contributed by atoms with Crippen molar-refractivity contribution in [2.24, 2.45) is 11.7 Å². The molecule has 6 rings (SSSR count). The van der Waals surface area contributed by atoms with Gasteiger partial charge < -0.3 is 19.9 Å². The molecule has 0 amide bonds. The number of nitrogens with zero attached hydrogens (tertiary/aromatic N) is 2. The maximum Gasteiger partial charge on any atom is 0.352 e. The van der Waals surface area contributed by atoms with Crippen molar-refractivity contribution >= 4 is 17.9 Å². The lowest BCUT2D eigenvalue weighted by molar-refractivity contribution is -0.959. The molecule has 9 heteroatoms. The number of likely N-dealkylation sites (N-methyl/N-ethyl adjacent to an activating group) is 1. The number of rotatable bonds is 9. The van der Waals surface area contributed by atoms with Crippen LogP contribution in [0.3, 0.4) is 0 Å². The Bertz CT molecular complexity index is 1550. The summed E-state index contributed by atoms with van der Waals surface area (Å²) < 4.78 is 17.7. The van der Waals surface area contributed by atoms with E-state index in [1.54, 1.807) is 18.3 Å². The highest BCUT2D eigenvalue weighted by Gasteiger charge is 2.59. The maximum absolute atomic E-state index is 13.0. The maximum atomic E-state index is 13.0. The first kappa shape index (κ1) is 30.9. The Morgan fingerprint density at radius 1 is 1.04 bits per heavy atom. The van der Waals surface area contributed by atoms with Crippen molar-refractivity contribution in [1.82, 2.24) is 4.98 Å². The summed E-state index contributed by atoms with van der Waals surface area (Å²) in [6.45, 7) is 2.72. The van der Waals surface area contributed by atoms with Crippen LogP contribution in [0.4, 0.5) is 0 Å². The number of esters is 3. The van der Waals surface area contributed by atoms with E-state index in [-0.39, 0.29) is 11.4 Å². The normalized spacial score (nSPS) is 26.4. The van der Waals surface area contributed by atoms with Crippen molar-refractivity contribution in [3.8, 4) is 5.75 Å². The molecule has 1 saturated carbocycles. The van der Waals surface area contributed by atoms with Gasteiger partial charge in [-0.3, -0.25) is 14.3 Å². The number of aromatic nitrogens is 1. The number of likely N-dealkylation sites (tertiary alicyclic amines) is 1.